The number of hydrogen-bond donors (Lipinski definition) is 2. The average Bonchev–Trinajstić information content (AvgIpc) is 2.08. The van der Waals surface area contributed by atoms with Crippen molar-refractivity contribution in [2.45, 2.75) is 51.4 Å². The summed E-state index contributed by atoms with van der Waals surface area (Å²) in [5, 5.41) is 16.7. The molecule has 0 heterocycles. The van der Waals surface area contributed by atoms with E-state index in [9.17, 15) is 9.59 Å². The van der Waals surface area contributed by atoms with Gasteiger partial charge in [-0.1, -0.05) is 25.7 Å². The molecule has 2 N–H and O–H groups in total. The van der Waals surface area contributed by atoms with Gasteiger partial charge < -0.3 is 10.2 Å². The zero-order valence-electron chi connectivity index (χ0n) is 8.95. The number of carboxylic acids is 2. The van der Waals surface area contributed by atoms with Crippen LogP contribution >= 0.6 is 0 Å². The van der Waals surface area contributed by atoms with Crippen LogP contribution < -0.4 is 0 Å². The first-order valence-electron chi connectivity index (χ1n) is 5.06. The Balaban J connectivity index is 0. The number of carbonyl (C=O) groups is 2. The fourth-order valence-electron chi connectivity index (χ4n) is 1.26. The van der Waals surface area contributed by atoms with Crippen molar-refractivity contribution < 1.29 is 19.8 Å². The molecule has 15 heavy (non-hydrogen) atoms. The van der Waals surface area contributed by atoms with E-state index in [4.69, 9.17) is 10.2 Å². The second-order valence-corrected chi connectivity index (χ2v) is 3.41. The summed E-state index contributed by atoms with van der Waals surface area (Å²) in [5.41, 5.74) is 0. The van der Waals surface area contributed by atoms with E-state index < -0.39 is 11.9 Å². The summed E-state index contributed by atoms with van der Waals surface area (Å²) in [6, 6.07) is 0. The molecular weight excluding hydrogens is 211 g/mol. The second kappa shape index (κ2) is 11.5. The predicted octanol–water partition coefficient (Wildman–Crippen LogP) is 1.90. The normalized spacial score (nSPS) is 9.33. The van der Waals surface area contributed by atoms with Crippen LogP contribution in [0.1, 0.15) is 51.4 Å². The molecule has 0 aromatic heterocycles. The largest absolute Gasteiger partial charge is 0.481 e. The minimum atomic E-state index is -0.740. The lowest BCUT2D eigenvalue weighted by Crippen LogP contribution is -1.94. The molecule has 0 spiro atoms. The molecule has 0 unspecified atom stereocenters. The van der Waals surface area contributed by atoms with Gasteiger partial charge in [0.25, 0.3) is 0 Å². The van der Waals surface area contributed by atoms with E-state index in [-0.39, 0.29) is 30.2 Å². The number of hydrogen-bond acceptors (Lipinski definition) is 2. The Morgan fingerprint density at radius 1 is 0.667 bits per heavy atom. The summed E-state index contributed by atoms with van der Waals surface area (Å²) in [6.07, 6.45) is 5.82. The molecule has 0 aliphatic rings. The fourth-order valence-corrected chi connectivity index (χ4v) is 1.26. The van der Waals surface area contributed by atoms with E-state index in [0.717, 1.165) is 38.5 Å². The standard InChI is InChI=1S/C10H18O4.Al/c11-9(12)7-5-3-1-2-4-6-8-10(13)14;/h1-8H2,(H,11,12)(H,13,14);. The molecule has 0 aromatic carbocycles. The van der Waals surface area contributed by atoms with Crippen LogP contribution in [0, 0.1) is 0 Å². The maximum atomic E-state index is 10.1. The summed E-state index contributed by atoms with van der Waals surface area (Å²) in [5.74, 6) is -1.48. The van der Waals surface area contributed by atoms with Crippen LogP contribution in [-0.2, 0) is 9.59 Å². The monoisotopic (exact) mass is 229 g/mol. The van der Waals surface area contributed by atoms with Gasteiger partial charge in [0, 0.05) is 30.2 Å². The zero-order valence-corrected chi connectivity index (χ0v) is 10.1. The van der Waals surface area contributed by atoms with E-state index in [0.29, 0.717) is 0 Å². The molecule has 4 nitrogen and oxygen atoms in total. The van der Waals surface area contributed by atoms with Gasteiger partial charge in [-0.3, -0.25) is 9.59 Å². The fraction of sp³-hybridized carbons (Fsp3) is 0.800. The molecule has 0 saturated carbocycles. The maximum absolute atomic E-state index is 10.1. The quantitative estimate of drug-likeness (QED) is 0.467. The van der Waals surface area contributed by atoms with E-state index in [1.807, 2.05) is 0 Å². The number of rotatable bonds is 9. The molecule has 0 atom stereocenters. The first-order chi connectivity index (χ1) is 6.63. The minimum Gasteiger partial charge on any atom is -0.481 e. The third kappa shape index (κ3) is 16.2. The Morgan fingerprint density at radius 2 is 0.933 bits per heavy atom. The van der Waals surface area contributed by atoms with Crippen molar-refractivity contribution >= 4 is 29.3 Å². The molecular formula is C10H18AlO4. The van der Waals surface area contributed by atoms with E-state index >= 15 is 0 Å². The van der Waals surface area contributed by atoms with Crippen LogP contribution in [0.25, 0.3) is 0 Å². The summed E-state index contributed by atoms with van der Waals surface area (Å²) < 4.78 is 0. The van der Waals surface area contributed by atoms with Gasteiger partial charge in [-0.05, 0) is 12.8 Å². The van der Waals surface area contributed by atoms with Crippen LogP contribution in [0.3, 0.4) is 0 Å². The van der Waals surface area contributed by atoms with Crippen molar-refractivity contribution in [2.75, 3.05) is 0 Å². The third-order valence-corrected chi connectivity index (χ3v) is 2.03. The van der Waals surface area contributed by atoms with E-state index in [2.05, 4.69) is 0 Å². The first kappa shape index (κ1) is 16.9. The lowest BCUT2D eigenvalue weighted by atomic mass is 10.1. The van der Waals surface area contributed by atoms with Crippen molar-refractivity contribution in [3.05, 3.63) is 0 Å². The average molecular weight is 229 g/mol. The van der Waals surface area contributed by atoms with E-state index in [1.54, 1.807) is 0 Å². The minimum absolute atomic E-state index is 0. The van der Waals surface area contributed by atoms with Gasteiger partial charge >= 0.3 is 11.9 Å². The topological polar surface area (TPSA) is 74.6 Å². The molecule has 5 heteroatoms. The van der Waals surface area contributed by atoms with Crippen LogP contribution in [0.15, 0.2) is 0 Å². The predicted molar refractivity (Wildman–Crippen MR) is 58.0 cm³/mol. The highest BCUT2D eigenvalue weighted by Crippen LogP contribution is 2.08. The highest BCUT2D eigenvalue weighted by Gasteiger charge is 1.98. The van der Waals surface area contributed by atoms with E-state index in [1.165, 1.54) is 0 Å². The van der Waals surface area contributed by atoms with Gasteiger partial charge in [0.15, 0.2) is 0 Å². The zero-order chi connectivity index (χ0) is 10.8. The van der Waals surface area contributed by atoms with Crippen molar-refractivity contribution in [2.24, 2.45) is 0 Å². The molecule has 0 bridgehead atoms. The van der Waals surface area contributed by atoms with Crippen molar-refractivity contribution in [3.63, 3.8) is 0 Å². The highest BCUT2D eigenvalue weighted by atomic mass is 27.0. The van der Waals surface area contributed by atoms with Gasteiger partial charge in [0.05, 0.1) is 0 Å². The Labute approximate surface area is 101 Å². The molecule has 0 saturated heterocycles. The summed E-state index contributed by atoms with van der Waals surface area (Å²) >= 11 is 0. The number of aliphatic carboxylic acids is 2. The Bertz CT molecular complexity index is 162. The Morgan fingerprint density at radius 3 is 1.20 bits per heavy atom. The van der Waals surface area contributed by atoms with Crippen LogP contribution in [0.4, 0.5) is 0 Å². The van der Waals surface area contributed by atoms with Crippen LogP contribution in [0.5, 0.6) is 0 Å². The number of unbranched alkanes of at least 4 members (excludes halogenated alkanes) is 5. The lowest BCUT2D eigenvalue weighted by molar-refractivity contribution is -0.138. The number of carboxylic acid groups (broad SMARTS) is 2. The molecule has 3 radical (unpaired) electrons. The van der Waals surface area contributed by atoms with Crippen LogP contribution in [-0.4, -0.2) is 39.5 Å². The molecule has 0 aliphatic heterocycles. The van der Waals surface area contributed by atoms with Gasteiger partial charge in [-0.25, -0.2) is 0 Å². The Hall–Kier alpha value is -0.528. The van der Waals surface area contributed by atoms with Crippen molar-refractivity contribution in [1.29, 1.82) is 0 Å². The van der Waals surface area contributed by atoms with Gasteiger partial charge in [-0.15, -0.1) is 0 Å². The van der Waals surface area contributed by atoms with Gasteiger partial charge in [0.1, 0.15) is 0 Å². The molecule has 0 aliphatic carbocycles. The maximum Gasteiger partial charge on any atom is 0.303 e. The SMILES string of the molecule is O=C(O)CCCCCCCCC(=O)O.[Al]. The van der Waals surface area contributed by atoms with Gasteiger partial charge in [0.2, 0.25) is 0 Å². The van der Waals surface area contributed by atoms with Crippen LogP contribution in [0.2, 0.25) is 0 Å². The third-order valence-electron chi connectivity index (χ3n) is 2.03. The molecule has 0 amide bonds. The molecule has 0 rings (SSSR count). The summed E-state index contributed by atoms with van der Waals surface area (Å²) in [4.78, 5) is 20.3. The van der Waals surface area contributed by atoms with Gasteiger partial charge in [-0.2, -0.15) is 0 Å². The second-order valence-electron chi connectivity index (χ2n) is 3.41. The van der Waals surface area contributed by atoms with Crippen molar-refractivity contribution in [1.82, 2.24) is 0 Å². The molecule has 85 valence electrons. The highest BCUT2D eigenvalue weighted by molar-refractivity contribution is 5.75. The smallest absolute Gasteiger partial charge is 0.303 e. The summed E-state index contributed by atoms with van der Waals surface area (Å²) in [6.45, 7) is 0. The Kier molecular flexibility index (Phi) is 13.0. The molecule has 0 fully saturated rings. The van der Waals surface area contributed by atoms with Crippen molar-refractivity contribution in [3.8, 4) is 0 Å². The first-order valence-corrected chi connectivity index (χ1v) is 5.06. The summed E-state index contributed by atoms with van der Waals surface area (Å²) in [7, 11) is 0. The lowest BCUT2D eigenvalue weighted by Gasteiger charge is -1.98. The molecule has 0 aromatic rings.